The van der Waals surface area contributed by atoms with Crippen LogP contribution in [-0.4, -0.2) is 42.0 Å². The first-order chi connectivity index (χ1) is 14.1. The fourth-order valence-electron chi connectivity index (χ4n) is 3.70. The van der Waals surface area contributed by atoms with E-state index in [9.17, 15) is 9.59 Å². The summed E-state index contributed by atoms with van der Waals surface area (Å²) in [6.45, 7) is 12.0. The first-order valence-corrected chi connectivity index (χ1v) is 10.6. The van der Waals surface area contributed by atoms with Crippen molar-refractivity contribution in [3.05, 3.63) is 70.8 Å². The average molecular weight is 409 g/mol. The average Bonchev–Trinajstić information content (AvgIpc) is 2.70. The van der Waals surface area contributed by atoms with Gasteiger partial charge in [-0.2, -0.15) is 0 Å². The van der Waals surface area contributed by atoms with Gasteiger partial charge in [-0.15, -0.1) is 0 Å². The largest absolute Gasteiger partial charge is 0.372 e. The molecular formula is C25H32N2O3. The highest BCUT2D eigenvalue weighted by molar-refractivity contribution is 5.95. The maximum atomic E-state index is 12.8. The molecule has 2 aromatic carbocycles. The summed E-state index contributed by atoms with van der Waals surface area (Å²) in [5.41, 5.74) is 3.51. The summed E-state index contributed by atoms with van der Waals surface area (Å²) in [6, 6.07) is 15.2. The minimum Gasteiger partial charge on any atom is -0.372 e. The van der Waals surface area contributed by atoms with E-state index in [2.05, 4.69) is 26.1 Å². The zero-order valence-electron chi connectivity index (χ0n) is 18.6. The van der Waals surface area contributed by atoms with Crippen molar-refractivity contribution in [2.24, 2.45) is 0 Å². The van der Waals surface area contributed by atoms with Crippen LogP contribution >= 0.6 is 0 Å². The minimum absolute atomic E-state index is 0.0199. The highest BCUT2D eigenvalue weighted by Gasteiger charge is 2.26. The van der Waals surface area contributed by atoms with E-state index in [1.807, 2.05) is 67.3 Å². The Morgan fingerprint density at radius 2 is 1.47 bits per heavy atom. The Kier molecular flexibility index (Phi) is 6.61. The molecule has 160 valence electrons. The monoisotopic (exact) mass is 408 g/mol. The van der Waals surface area contributed by atoms with Gasteiger partial charge >= 0.3 is 0 Å². The lowest BCUT2D eigenvalue weighted by atomic mass is 9.87. The molecule has 0 radical (unpaired) electrons. The molecule has 0 bridgehead atoms. The fraction of sp³-hybridized carbons (Fsp3) is 0.440. The van der Waals surface area contributed by atoms with Crippen LogP contribution in [0.5, 0.6) is 0 Å². The third-order valence-electron chi connectivity index (χ3n) is 5.37. The Morgan fingerprint density at radius 3 is 2.00 bits per heavy atom. The quantitative estimate of drug-likeness (QED) is 0.826. The normalized spacial score (nSPS) is 19.4. The molecule has 1 aliphatic rings. The number of amides is 2. The van der Waals surface area contributed by atoms with Crippen molar-refractivity contribution in [2.75, 3.05) is 13.1 Å². The van der Waals surface area contributed by atoms with E-state index in [-0.39, 0.29) is 29.4 Å². The second kappa shape index (κ2) is 9.00. The van der Waals surface area contributed by atoms with Crippen molar-refractivity contribution in [1.29, 1.82) is 0 Å². The zero-order valence-corrected chi connectivity index (χ0v) is 18.6. The molecule has 0 spiro atoms. The standard InChI is InChI=1S/C25H32N2O3/c1-17-15-27(16-18(2)30-17)24(29)21-8-6-19(7-9-21)14-26-23(28)20-10-12-22(13-11-20)25(3,4)5/h6-13,17-18H,14-16H2,1-5H3,(H,26,28). The van der Waals surface area contributed by atoms with Crippen LogP contribution in [0.4, 0.5) is 0 Å². The van der Waals surface area contributed by atoms with Gasteiger partial charge in [0.15, 0.2) is 0 Å². The number of carbonyl (C=O) groups excluding carboxylic acids is 2. The van der Waals surface area contributed by atoms with Crippen molar-refractivity contribution >= 4 is 11.8 Å². The van der Waals surface area contributed by atoms with Gasteiger partial charge in [0.2, 0.25) is 0 Å². The van der Waals surface area contributed by atoms with Crippen molar-refractivity contribution < 1.29 is 14.3 Å². The Balaban J connectivity index is 1.56. The molecule has 1 heterocycles. The summed E-state index contributed by atoms with van der Waals surface area (Å²) in [5.74, 6) is -0.0848. The number of ether oxygens (including phenoxy) is 1. The molecule has 1 N–H and O–H groups in total. The van der Waals surface area contributed by atoms with Gasteiger partial charge in [-0.05, 0) is 54.7 Å². The number of carbonyl (C=O) groups is 2. The smallest absolute Gasteiger partial charge is 0.254 e. The Labute approximate surface area is 179 Å². The van der Waals surface area contributed by atoms with Crippen LogP contribution in [0.3, 0.4) is 0 Å². The van der Waals surface area contributed by atoms with Crippen molar-refractivity contribution in [3.8, 4) is 0 Å². The van der Waals surface area contributed by atoms with Crippen LogP contribution in [0.1, 0.15) is 66.5 Å². The molecule has 1 fully saturated rings. The van der Waals surface area contributed by atoms with Crippen LogP contribution in [0.15, 0.2) is 48.5 Å². The molecule has 2 atom stereocenters. The molecule has 30 heavy (non-hydrogen) atoms. The van der Waals surface area contributed by atoms with Crippen molar-refractivity contribution in [2.45, 2.75) is 58.8 Å². The number of nitrogens with one attached hydrogen (secondary N) is 1. The topological polar surface area (TPSA) is 58.6 Å². The lowest BCUT2D eigenvalue weighted by Gasteiger charge is -2.35. The van der Waals surface area contributed by atoms with Crippen LogP contribution in [0.2, 0.25) is 0 Å². The third-order valence-corrected chi connectivity index (χ3v) is 5.37. The molecule has 0 aromatic heterocycles. The predicted molar refractivity (Wildman–Crippen MR) is 119 cm³/mol. The molecule has 2 amide bonds. The second-order valence-electron chi connectivity index (χ2n) is 9.17. The molecular weight excluding hydrogens is 376 g/mol. The van der Waals surface area contributed by atoms with E-state index in [1.165, 1.54) is 5.56 Å². The van der Waals surface area contributed by atoms with Crippen molar-refractivity contribution in [1.82, 2.24) is 10.2 Å². The molecule has 2 unspecified atom stereocenters. The summed E-state index contributed by atoms with van der Waals surface area (Å²) in [6.07, 6.45) is 0.0919. The van der Waals surface area contributed by atoms with Crippen LogP contribution in [-0.2, 0) is 16.7 Å². The third kappa shape index (κ3) is 5.48. The molecule has 5 heteroatoms. The van der Waals surface area contributed by atoms with Crippen LogP contribution in [0, 0.1) is 0 Å². The number of rotatable bonds is 4. The summed E-state index contributed by atoms with van der Waals surface area (Å²) in [4.78, 5) is 27.0. The van der Waals surface area contributed by atoms with Gasteiger partial charge in [0, 0.05) is 30.8 Å². The highest BCUT2D eigenvalue weighted by Crippen LogP contribution is 2.22. The molecule has 5 nitrogen and oxygen atoms in total. The van der Waals surface area contributed by atoms with Gasteiger partial charge in [0.05, 0.1) is 12.2 Å². The number of benzene rings is 2. The van der Waals surface area contributed by atoms with E-state index in [0.717, 1.165) is 5.56 Å². The predicted octanol–water partition coefficient (Wildman–Crippen LogP) is 4.16. The molecule has 1 aliphatic heterocycles. The van der Waals surface area contributed by atoms with E-state index in [1.54, 1.807) is 0 Å². The Hall–Kier alpha value is -2.66. The van der Waals surface area contributed by atoms with Gasteiger partial charge < -0.3 is 15.0 Å². The zero-order chi connectivity index (χ0) is 21.9. The molecule has 2 aromatic rings. The SMILES string of the molecule is CC1CN(C(=O)c2ccc(CNC(=O)c3ccc(C(C)(C)C)cc3)cc2)CC(C)O1. The summed E-state index contributed by atoms with van der Waals surface area (Å²) in [7, 11) is 0. The van der Waals surface area contributed by atoms with Crippen LogP contribution in [0.25, 0.3) is 0 Å². The van der Waals surface area contributed by atoms with E-state index in [0.29, 0.717) is 30.8 Å². The summed E-state index contributed by atoms with van der Waals surface area (Å²) < 4.78 is 5.70. The van der Waals surface area contributed by atoms with Gasteiger partial charge in [0.25, 0.3) is 11.8 Å². The first kappa shape index (κ1) is 22.0. The van der Waals surface area contributed by atoms with E-state index in [4.69, 9.17) is 4.74 Å². The van der Waals surface area contributed by atoms with Gasteiger partial charge in [-0.25, -0.2) is 0 Å². The maximum absolute atomic E-state index is 12.8. The lowest BCUT2D eigenvalue weighted by molar-refractivity contribution is -0.0586. The summed E-state index contributed by atoms with van der Waals surface area (Å²) in [5, 5.41) is 2.95. The van der Waals surface area contributed by atoms with Crippen LogP contribution < -0.4 is 5.32 Å². The van der Waals surface area contributed by atoms with Gasteiger partial charge in [-0.3, -0.25) is 9.59 Å². The fourth-order valence-corrected chi connectivity index (χ4v) is 3.70. The number of morpholine rings is 1. The maximum Gasteiger partial charge on any atom is 0.254 e. The number of hydrogen-bond donors (Lipinski definition) is 1. The molecule has 0 saturated carbocycles. The molecule has 1 saturated heterocycles. The first-order valence-electron chi connectivity index (χ1n) is 10.6. The van der Waals surface area contributed by atoms with Crippen molar-refractivity contribution in [3.63, 3.8) is 0 Å². The minimum atomic E-state index is -0.105. The van der Waals surface area contributed by atoms with Gasteiger partial charge in [-0.1, -0.05) is 45.0 Å². The summed E-state index contributed by atoms with van der Waals surface area (Å²) >= 11 is 0. The number of hydrogen-bond acceptors (Lipinski definition) is 3. The highest BCUT2D eigenvalue weighted by atomic mass is 16.5. The second-order valence-corrected chi connectivity index (χ2v) is 9.17. The Morgan fingerprint density at radius 1 is 0.933 bits per heavy atom. The lowest BCUT2D eigenvalue weighted by Crippen LogP contribution is -2.48. The molecule has 3 rings (SSSR count). The molecule has 0 aliphatic carbocycles. The Bertz CT molecular complexity index is 872. The number of nitrogens with zero attached hydrogens (tertiary/aromatic N) is 1. The van der Waals surface area contributed by atoms with Gasteiger partial charge in [0.1, 0.15) is 0 Å². The van der Waals surface area contributed by atoms with E-state index >= 15 is 0 Å². The van der Waals surface area contributed by atoms with E-state index < -0.39 is 0 Å².